The van der Waals surface area contributed by atoms with Gasteiger partial charge < -0.3 is 5.32 Å². The average Bonchev–Trinajstić information content (AvgIpc) is 2.45. The lowest BCUT2D eigenvalue weighted by molar-refractivity contribution is 0.621. The second-order valence-electron chi connectivity index (χ2n) is 4.71. The predicted molar refractivity (Wildman–Crippen MR) is 78.9 cm³/mol. The molecule has 0 aromatic heterocycles. The smallest absolute Gasteiger partial charge is 0.123 e. The van der Waals surface area contributed by atoms with Gasteiger partial charge in [0, 0.05) is 5.69 Å². The van der Waals surface area contributed by atoms with E-state index in [0.717, 1.165) is 24.1 Å². The van der Waals surface area contributed by atoms with Crippen LogP contribution in [0.4, 0.5) is 10.1 Å². The van der Waals surface area contributed by atoms with Crippen molar-refractivity contribution in [1.82, 2.24) is 0 Å². The lowest BCUT2D eigenvalue weighted by atomic mass is 10.0. The first-order valence-corrected chi connectivity index (χ1v) is 6.84. The number of anilines is 1. The van der Waals surface area contributed by atoms with E-state index in [4.69, 9.17) is 0 Å². The standard InChI is InChI=1S/C17H20FN/c1-3-13-7-5-10-16(11-13)19-17(4-2)14-8-6-9-15(18)12-14/h5-12,17,19H,3-4H2,1-2H3. The number of halogens is 1. The topological polar surface area (TPSA) is 12.0 Å². The molecule has 0 spiro atoms. The van der Waals surface area contributed by atoms with Crippen LogP contribution in [0.15, 0.2) is 48.5 Å². The minimum Gasteiger partial charge on any atom is -0.378 e. The molecule has 1 atom stereocenters. The summed E-state index contributed by atoms with van der Waals surface area (Å²) >= 11 is 0. The van der Waals surface area contributed by atoms with E-state index in [0.29, 0.717) is 0 Å². The highest BCUT2D eigenvalue weighted by molar-refractivity contribution is 5.47. The van der Waals surface area contributed by atoms with Crippen molar-refractivity contribution in [2.24, 2.45) is 0 Å². The Morgan fingerprint density at radius 3 is 2.53 bits per heavy atom. The van der Waals surface area contributed by atoms with E-state index >= 15 is 0 Å². The average molecular weight is 257 g/mol. The van der Waals surface area contributed by atoms with Gasteiger partial charge in [-0.25, -0.2) is 4.39 Å². The van der Waals surface area contributed by atoms with Crippen LogP contribution in [0.3, 0.4) is 0 Å². The van der Waals surface area contributed by atoms with Gasteiger partial charge >= 0.3 is 0 Å². The van der Waals surface area contributed by atoms with Crippen molar-refractivity contribution >= 4 is 5.69 Å². The molecule has 0 heterocycles. The first kappa shape index (κ1) is 13.6. The normalized spacial score (nSPS) is 12.2. The number of rotatable bonds is 5. The molecule has 0 bridgehead atoms. The number of hydrogen-bond acceptors (Lipinski definition) is 1. The number of aryl methyl sites for hydroxylation is 1. The van der Waals surface area contributed by atoms with E-state index in [1.54, 1.807) is 12.1 Å². The molecular formula is C17H20FN. The summed E-state index contributed by atoms with van der Waals surface area (Å²) in [6, 6.07) is 15.3. The zero-order valence-electron chi connectivity index (χ0n) is 11.5. The van der Waals surface area contributed by atoms with Crippen LogP contribution in [0.25, 0.3) is 0 Å². The number of nitrogens with one attached hydrogen (secondary N) is 1. The van der Waals surface area contributed by atoms with E-state index in [-0.39, 0.29) is 11.9 Å². The van der Waals surface area contributed by atoms with Gasteiger partial charge in [0.15, 0.2) is 0 Å². The number of benzene rings is 2. The van der Waals surface area contributed by atoms with Crippen LogP contribution in [-0.4, -0.2) is 0 Å². The van der Waals surface area contributed by atoms with E-state index in [1.807, 2.05) is 6.07 Å². The molecule has 0 aliphatic carbocycles. The van der Waals surface area contributed by atoms with Gasteiger partial charge in [-0.3, -0.25) is 0 Å². The van der Waals surface area contributed by atoms with E-state index in [9.17, 15) is 4.39 Å². The Morgan fingerprint density at radius 2 is 1.84 bits per heavy atom. The first-order chi connectivity index (χ1) is 9.22. The van der Waals surface area contributed by atoms with Crippen molar-refractivity contribution in [3.63, 3.8) is 0 Å². The highest BCUT2D eigenvalue weighted by Crippen LogP contribution is 2.23. The maximum Gasteiger partial charge on any atom is 0.123 e. The lowest BCUT2D eigenvalue weighted by Crippen LogP contribution is -2.10. The van der Waals surface area contributed by atoms with Crippen molar-refractivity contribution in [1.29, 1.82) is 0 Å². The van der Waals surface area contributed by atoms with Crippen molar-refractivity contribution in [2.75, 3.05) is 5.32 Å². The van der Waals surface area contributed by atoms with Gasteiger partial charge in [0.1, 0.15) is 5.82 Å². The third-order valence-corrected chi connectivity index (χ3v) is 3.34. The van der Waals surface area contributed by atoms with Crippen LogP contribution in [0.1, 0.15) is 37.4 Å². The molecular weight excluding hydrogens is 237 g/mol. The summed E-state index contributed by atoms with van der Waals surface area (Å²) in [5.41, 5.74) is 3.39. The predicted octanol–water partition coefficient (Wildman–Crippen LogP) is 4.95. The molecule has 2 aromatic rings. The second-order valence-corrected chi connectivity index (χ2v) is 4.71. The summed E-state index contributed by atoms with van der Waals surface area (Å²) in [5, 5.41) is 3.48. The van der Waals surface area contributed by atoms with Crippen LogP contribution < -0.4 is 5.32 Å². The quantitative estimate of drug-likeness (QED) is 0.799. The van der Waals surface area contributed by atoms with E-state index in [2.05, 4.69) is 43.4 Å². The molecule has 2 heteroatoms. The molecule has 19 heavy (non-hydrogen) atoms. The highest BCUT2D eigenvalue weighted by Gasteiger charge is 2.09. The lowest BCUT2D eigenvalue weighted by Gasteiger charge is -2.19. The molecule has 0 amide bonds. The van der Waals surface area contributed by atoms with E-state index < -0.39 is 0 Å². The van der Waals surface area contributed by atoms with Crippen LogP contribution in [0.5, 0.6) is 0 Å². The van der Waals surface area contributed by atoms with Crippen molar-refractivity contribution in [3.8, 4) is 0 Å². The van der Waals surface area contributed by atoms with Gasteiger partial charge in [0.2, 0.25) is 0 Å². The Hall–Kier alpha value is -1.83. The zero-order chi connectivity index (χ0) is 13.7. The SMILES string of the molecule is CCc1cccc(NC(CC)c2cccc(F)c2)c1. The van der Waals surface area contributed by atoms with Gasteiger partial charge in [-0.2, -0.15) is 0 Å². The maximum absolute atomic E-state index is 13.3. The highest BCUT2D eigenvalue weighted by atomic mass is 19.1. The summed E-state index contributed by atoms with van der Waals surface area (Å²) in [5.74, 6) is -0.181. The van der Waals surface area contributed by atoms with Crippen LogP contribution >= 0.6 is 0 Å². The molecule has 1 unspecified atom stereocenters. The summed E-state index contributed by atoms with van der Waals surface area (Å²) in [4.78, 5) is 0. The summed E-state index contributed by atoms with van der Waals surface area (Å²) in [6.07, 6.45) is 1.94. The van der Waals surface area contributed by atoms with Gasteiger partial charge in [0.05, 0.1) is 6.04 Å². The molecule has 0 aliphatic rings. The molecule has 2 aromatic carbocycles. The minimum absolute atomic E-state index is 0.141. The summed E-state index contributed by atoms with van der Waals surface area (Å²) in [6.45, 7) is 4.25. The Morgan fingerprint density at radius 1 is 1.05 bits per heavy atom. The van der Waals surface area contributed by atoms with Gasteiger partial charge in [-0.1, -0.05) is 38.1 Å². The molecule has 100 valence electrons. The third-order valence-electron chi connectivity index (χ3n) is 3.34. The Balaban J connectivity index is 2.18. The monoisotopic (exact) mass is 257 g/mol. The third kappa shape index (κ3) is 3.57. The fourth-order valence-corrected chi connectivity index (χ4v) is 2.23. The Kier molecular flexibility index (Phi) is 4.56. The summed E-state index contributed by atoms with van der Waals surface area (Å²) < 4.78 is 13.3. The Labute approximate surface area is 114 Å². The fraction of sp³-hybridized carbons (Fsp3) is 0.294. The molecule has 0 fully saturated rings. The molecule has 0 radical (unpaired) electrons. The zero-order valence-corrected chi connectivity index (χ0v) is 11.5. The van der Waals surface area contributed by atoms with Gasteiger partial charge in [-0.05, 0) is 48.2 Å². The summed E-state index contributed by atoms with van der Waals surface area (Å²) in [7, 11) is 0. The molecule has 1 N–H and O–H groups in total. The van der Waals surface area contributed by atoms with Crippen LogP contribution in [0, 0.1) is 5.82 Å². The second kappa shape index (κ2) is 6.37. The minimum atomic E-state index is -0.181. The van der Waals surface area contributed by atoms with Gasteiger partial charge in [0.25, 0.3) is 0 Å². The molecule has 2 rings (SSSR count). The van der Waals surface area contributed by atoms with Crippen molar-refractivity contribution < 1.29 is 4.39 Å². The van der Waals surface area contributed by atoms with Crippen molar-refractivity contribution in [2.45, 2.75) is 32.7 Å². The maximum atomic E-state index is 13.3. The largest absolute Gasteiger partial charge is 0.378 e. The van der Waals surface area contributed by atoms with Crippen LogP contribution in [-0.2, 0) is 6.42 Å². The number of hydrogen-bond donors (Lipinski definition) is 1. The molecule has 0 saturated carbocycles. The molecule has 0 saturated heterocycles. The molecule has 1 nitrogen and oxygen atoms in total. The van der Waals surface area contributed by atoms with Gasteiger partial charge in [-0.15, -0.1) is 0 Å². The fourth-order valence-electron chi connectivity index (χ4n) is 2.23. The first-order valence-electron chi connectivity index (χ1n) is 6.84. The Bertz CT molecular complexity index is 536. The van der Waals surface area contributed by atoms with Crippen LogP contribution in [0.2, 0.25) is 0 Å². The van der Waals surface area contributed by atoms with E-state index in [1.165, 1.54) is 11.6 Å². The van der Waals surface area contributed by atoms with Crippen molar-refractivity contribution in [3.05, 3.63) is 65.5 Å². The molecule has 0 aliphatic heterocycles.